The largest absolute Gasteiger partial charge is 0.487 e. The normalized spacial score (nSPS) is 28.6. The van der Waals surface area contributed by atoms with Gasteiger partial charge in [0.25, 0.3) is 0 Å². The fourth-order valence-electron chi connectivity index (χ4n) is 1.89. The van der Waals surface area contributed by atoms with Gasteiger partial charge in [0.2, 0.25) is 0 Å². The van der Waals surface area contributed by atoms with Gasteiger partial charge in [-0.25, -0.2) is 0 Å². The van der Waals surface area contributed by atoms with Crippen LogP contribution < -0.4 is 4.74 Å². The maximum atomic E-state index is 9.46. The Bertz CT molecular complexity index is 381. The van der Waals surface area contributed by atoms with Gasteiger partial charge in [0.1, 0.15) is 18.0 Å². The van der Waals surface area contributed by atoms with Crippen molar-refractivity contribution in [1.82, 2.24) is 0 Å². The van der Waals surface area contributed by atoms with Crippen molar-refractivity contribution < 1.29 is 14.6 Å². The topological polar surface area (TPSA) is 38.7 Å². The van der Waals surface area contributed by atoms with E-state index in [-0.39, 0.29) is 12.2 Å². The summed E-state index contributed by atoms with van der Waals surface area (Å²) in [6.07, 6.45) is -0.0118. The van der Waals surface area contributed by atoms with Gasteiger partial charge in [-0.05, 0) is 30.7 Å². The van der Waals surface area contributed by atoms with Crippen LogP contribution in [0.25, 0.3) is 0 Å². The van der Waals surface area contributed by atoms with Crippen LogP contribution in [-0.4, -0.2) is 30.5 Å². The first-order valence-corrected chi connectivity index (χ1v) is 6.05. The maximum absolute atomic E-state index is 9.46. The number of hydrogen-bond acceptors (Lipinski definition) is 3. The van der Waals surface area contributed by atoms with Crippen LogP contribution in [0, 0.1) is 6.92 Å². The van der Waals surface area contributed by atoms with E-state index in [4.69, 9.17) is 9.47 Å². The molecule has 0 bridgehead atoms. The van der Waals surface area contributed by atoms with Gasteiger partial charge < -0.3 is 14.6 Å². The molecule has 0 aliphatic heterocycles. The summed E-state index contributed by atoms with van der Waals surface area (Å²) in [6, 6.07) is 5.88. The molecule has 0 radical (unpaired) electrons. The molecule has 1 aromatic rings. The van der Waals surface area contributed by atoms with Gasteiger partial charge >= 0.3 is 0 Å². The van der Waals surface area contributed by atoms with Crippen LogP contribution in [0.5, 0.6) is 5.75 Å². The Kier molecular flexibility index (Phi) is 3.52. The van der Waals surface area contributed by atoms with Crippen LogP contribution in [0.15, 0.2) is 22.7 Å². The van der Waals surface area contributed by atoms with E-state index in [0.717, 1.165) is 15.8 Å². The van der Waals surface area contributed by atoms with Gasteiger partial charge in [-0.15, -0.1) is 0 Å². The molecule has 88 valence electrons. The molecule has 1 aliphatic rings. The zero-order valence-corrected chi connectivity index (χ0v) is 10.9. The van der Waals surface area contributed by atoms with Gasteiger partial charge in [0.15, 0.2) is 0 Å². The molecular weight excluding hydrogens is 272 g/mol. The summed E-state index contributed by atoms with van der Waals surface area (Å²) in [4.78, 5) is 0. The molecule has 0 aromatic heterocycles. The van der Waals surface area contributed by atoms with E-state index < -0.39 is 6.10 Å². The molecule has 16 heavy (non-hydrogen) atoms. The Balaban J connectivity index is 2.04. The molecule has 0 spiro atoms. The summed E-state index contributed by atoms with van der Waals surface area (Å²) < 4.78 is 12.0. The quantitative estimate of drug-likeness (QED) is 0.927. The Morgan fingerprint density at radius 1 is 1.44 bits per heavy atom. The number of aliphatic hydroxyl groups excluding tert-OH is 1. The smallest absolute Gasteiger partial charge is 0.130 e. The highest BCUT2D eigenvalue weighted by Crippen LogP contribution is 2.31. The van der Waals surface area contributed by atoms with E-state index in [1.807, 2.05) is 25.1 Å². The minimum Gasteiger partial charge on any atom is -0.487 e. The second-order valence-corrected chi connectivity index (χ2v) is 4.99. The van der Waals surface area contributed by atoms with E-state index in [0.29, 0.717) is 6.42 Å². The van der Waals surface area contributed by atoms with Crippen molar-refractivity contribution in [2.75, 3.05) is 7.11 Å². The van der Waals surface area contributed by atoms with Crippen molar-refractivity contribution in [2.45, 2.75) is 31.7 Å². The fraction of sp³-hybridized carbons (Fsp3) is 0.500. The van der Waals surface area contributed by atoms with Gasteiger partial charge in [-0.2, -0.15) is 0 Å². The average molecular weight is 287 g/mol. The molecule has 1 N–H and O–H groups in total. The highest BCUT2D eigenvalue weighted by Gasteiger charge is 2.42. The molecule has 1 fully saturated rings. The molecule has 0 saturated heterocycles. The molecule has 3 nitrogen and oxygen atoms in total. The summed E-state index contributed by atoms with van der Waals surface area (Å²) in [5.41, 5.74) is 1.07. The van der Waals surface area contributed by atoms with Crippen molar-refractivity contribution in [2.24, 2.45) is 0 Å². The zero-order chi connectivity index (χ0) is 11.7. The lowest BCUT2D eigenvalue weighted by atomic mass is 9.88. The molecule has 1 aromatic carbocycles. The Hall–Kier alpha value is -0.580. The van der Waals surface area contributed by atoms with Crippen molar-refractivity contribution >= 4 is 15.9 Å². The molecule has 0 amide bonds. The minimum atomic E-state index is -0.397. The van der Waals surface area contributed by atoms with Crippen LogP contribution in [-0.2, 0) is 4.74 Å². The Morgan fingerprint density at radius 2 is 2.19 bits per heavy atom. The number of aryl methyl sites for hydroxylation is 1. The van der Waals surface area contributed by atoms with Crippen LogP contribution in [0.4, 0.5) is 0 Å². The molecular formula is C12H15BrO3. The van der Waals surface area contributed by atoms with Crippen molar-refractivity contribution in [3.8, 4) is 5.75 Å². The van der Waals surface area contributed by atoms with E-state index in [9.17, 15) is 5.11 Å². The summed E-state index contributed by atoms with van der Waals surface area (Å²) in [7, 11) is 1.60. The van der Waals surface area contributed by atoms with Crippen LogP contribution in [0.3, 0.4) is 0 Å². The first-order chi connectivity index (χ1) is 7.61. The van der Waals surface area contributed by atoms with E-state index in [1.165, 1.54) is 0 Å². The van der Waals surface area contributed by atoms with Crippen molar-refractivity contribution in [1.29, 1.82) is 0 Å². The number of methoxy groups -OCH3 is 1. The molecule has 4 heteroatoms. The molecule has 3 unspecified atom stereocenters. The molecule has 1 saturated carbocycles. The van der Waals surface area contributed by atoms with Crippen LogP contribution in [0.2, 0.25) is 0 Å². The maximum Gasteiger partial charge on any atom is 0.130 e. The van der Waals surface area contributed by atoms with Gasteiger partial charge in [-0.1, -0.05) is 15.9 Å². The molecule has 3 atom stereocenters. The predicted molar refractivity (Wildman–Crippen MR) is 64.7 cm³/mol. The lowest BCUT2D eigenvalue weighted by Crippen LogP contribution is -2.54. The standard InChI is InChI=1S/C12H15BrO3/c1-7-5-8(13)3-4-10(7)16-11-6-9(14)12(11)15-2/h3-5,9,11-12,14H,6H2,1-2H3. The number of ether oxygens (including phenoxy) is 2. The number of halogens is 1. The number of benzene rings is 1. The molecule has 0 heterocycles. The second kappa shape index (κ2) is 4.73. The average Bonchev–Trinajstić information content (AvgIpc) is 2.21. The summed E-state index contributed by atoms with van der Waals surface area (Å²) >= 11 is 3.41. The molecule has 1 aliphatic carbocycles. The first kappa shape index (κ1) is 11.9. The monoisotopic (exact) mass is 286 g/mol. The minimum absolute atomic E-state index is 0.0418. The summed E-state index contributed by atoms with van der Waals surface area (Å²) in [5, 5.41) is 9.46. The Morgan fingerprint density at radius 3 is 2.75 bits per heavy atom. The molecule has 2 rings (SSSR count). The third-order valence-corrected chi connectivity index (χ3v) is 3.40. The predicted octanol–water partition coefficient (Wildman–Crippen LogP) is 2.28. The second-order valence-electron chi connectivity index (χ2n) is 4.07. The van der Waals surface area contributed by atoms with Gasteiger partial charge in [0, 0.05) is 18.0 Å². The van der Waals surface area contributed by atoms with Crippen LogP contribution in [0.1, 0.15) is 12.0 Å². The lowest BCUT2D eigenvalue weighted by molar-refractivity contribution is -0.149. The number of aliphatic hydroxyl groups is 1. The third-order valence-electron chi connectivity index (χ3n) is 2.91. The summed E-state index contributed by atoms with van der Waals surface area (Å²) in [6.45, 7) is 2.00. The highest BCUT2D eigenvalue weighted by atomic mass is 79.9. The number of rotatable bonds is 3. The zero-order valence-electron chi connectivity index (χ0n) is 9.31. The van der Waals surface area contributed by atoms with E-state index >= 15 is 0 Å². The third kappa shape index (κ3) is 2.24. The lowest BCUT2D eigenvalue weighted by Gasteiger charge is -2.40. The van der Waals surface area contributed by atoms with E-state index in [2.05, 4.69) is 15.9 Å². The van der Waals surface area contributed by atoms with Crippen LogP contribution >= 0.6 is 15.9 Å². The van der Waals surface area contributed by atoms with Crippen molar-refractivity contribution in [3.63, 3.8) is 0 Å². The summed E-state index contributed by atoms with van der Waals surface area (Å²) in [5.74, 6) is 0.849. The van der Waals surface area contributed by atoms with Gasteiger partial charge in [-0.3, -0.25) is 0 Å². The SMILES string of the molecule is COC1C(O)CC1Oc1ccc(Br)cc1C. The van der Waals surface area contributed by atoms with Crippen molar-refractivity contribution in [3.05, 3.63) is 28.2 Å². The highest BCUT2D eigenvalue weighted by molar-refractivity contribution is 9.10. The van der Waals surface area contributed by atoms with Gasteiger partial charge in [0.05, 0.1) is 6.10 Å². The first-order valence-electron chi connectivity index (χ1n) is 5.25. The Labute approximate surface area is 104 Å². The fourth-order valence-corrected chi connectivity index (χ4v) is 2.37. The van der Waals surface area contributed by atoms with E-state index in [1.54, 1.807) is 7.11 Å². The number of hydrogen-bond donors (Lipinski definition) is 1.